The third-order valence-electron chi connectivity index (χ3n) is 4.54. The lowest BCUT2D eigenvalue weighted by molar-refractivity contribution is -0.134. The van der Waals surface area contributed by atoms with Crippen molar-refractivity contribution in [2.24, 2.45) is 0 Å². The summed E-state index contributed by atoms with van der Waals surface area (Å²) >= 11 is 0. The number of benzene rings is 2. The quantitative estimate of drug-likeness (QED) is 0.589. The molecule has 0 aliphatic carbocycles. The summed E-state index contributed by atoms with van der Waals surface area (Å²) in [6.07, 6.45) is -6.27. The molecule has 0 unspecified atom stereocenters. The number of alkyl halides is 3. The molecule has 0 N–H and O–H groups in total. The lowest BCUT2D eigenvalue weighted by Gasteiger charge is -2.14. The van der Waals surface area contributed by atoms with Crippen molar-refractivity contribution in [3.05, 3.63) is 58.1 Å². The topological polar surface area (TPSA) is 86.7 Å². The molecule has 0 atom stereocenters. The van der Waals surface area contributed by atoms with E-state index in [1.165, 1.54) is 30.3 Å². The Morgan fingerprint density at radius 2 is 1.29 bits per heavy atom. The van der Waals surface area contributed by atoms with E-state index < -0.39 is 42.9 Å². The van der Waals surface area contributed by atoms with Crippen LogP contribution in [-0.2, 0) is 15.9 Å². The fourth-order valence-electron chi connectivity index (χ4n) is 3.29. The number of fused-ring (bicyclic) bond motifs is 2. The number of cyclic esters (lactones) is 4. The van der Waals surface area contributed by atoms with Crippen molar-refractivity contribution >= 4 is 23.9 Å². The Labute approximate surface area is 154 Å². The molecule has 2 aromatic carbocycles. The first-order valence-electron chi connectivity index (χ1n) is 8.06. The number of hydrogen-bond donors (Lipinski definition) is 0. The van der Waals surface area contributed by atoms with E-state index in [2.05, 4.69) is 9.47 Å². The second kappa shape index (κ2) is 6.01. The summed E-state index contributed by atoms with van der Waals surface area (Å²) in [5, 5.41) is 0. The van der Waals surface area contributed by atoms with Gasteiger partial charge in [-0.3, -0.25) is 0 Å². The van der Waals surface area contributed by atoms with Crippen LogP contribution >= 0.6 is 0 Å². The first kappa shape index (κ1) is 17.9. The lowest BCUT2D eigenvalue weighted by atomic mass is 9.89. The van der Waals surface area contributed by atoms with Crippen molar-refractivity contribution in [1.29, 1.82) is 0 Å². The van der Waals surface area contributed by atoms with E-state index in [9.17, 15) is 32.3 Å². The summed E-state index contributed by atoms with van der Waals surface area (Å²) in [6, 6.07) is 6.73. The zero-order chi connectivity index (χ0) is 20.2. The molecule has 28 heavy (non-hydrogen) atoms. The fraction of sp³-hybridized carbons (Fsp3) is 0.158. The number of halogens is 3. The van der Waals surface area contributed by atoms with Crippen LogP contribution in [0.1, 0.15) is 53.4 Å². The summed E-state index contributed by atoms with van der Waals surface area (Å²) < 4.78 is 47.4. The van der Waals surface area contributed by atoms with E-state index in [0.29, 0.717) is 5.56 Å². The number of hydrogen-bond acceptors (Lipinski definition) is 6. The minimum Gasteiger partial charge on any atom is -0.386 e. The van der Waals surface area contributed by atoms with Crippen LogP contribution in [0.3, 0.4) is 0 Å². The molecule has 142 valence electrons. The highest BCUT2D eigenvalue weighted by molar-refractivity contribution is 6.17. The maximum Gasteiger partial charge on any atom is 0.389 e. The van der Waals surface area contributed by atoms with E-state index in [1.54, 1.807) is 0 Å². The molecule has 0 bridgehead atoms. The van der Waals surface area contributed by atoms with Gasteiger partial charge in [0.2, 0.25) is 0 Å². The third-order valence-corrected chi connectivity index (χ3v) is 4.54. The normalized spacial score (nSPS) is 15.4. The van der Waals surface area contributed by atoms with Gasteiger partial charge in [0, 0.05) is 6.42 Å². The van der Waals surface area contributed by atoms with Crippen molar-refractivity contribution < 1.29 is 41.8 Å². The largest absolute Gasteiger partial charge is 0.389 e. The Hall–Kier alpha value is -3.49. The minimum absolute atomic E-state index is 0.0108. The van der Waals surface area contributed by atoms with Crippen LogP contribution in [-0.4, -0.2) is 30.1 Å². The first-order chi connectivity index (χ1) is 13.2. The molecule has 4 rings (SSSR count). The van der Waals surface area contributed by atoms with Gasteiger partial charge in [0.15, 0.2) is 0 Å². The van der Waals surface area contributed by atoms with Crippen LogP contribution in [0.4, 0.5) is 13.2 Å². The van der Waals surface area contributed by atoms with Gasteiger partial charge < -0.3 is 9.47 Å². The van der Waals surface area contributed by atoms with Crippen molar-refractivity contribution in [3.8, 4) is 11.1 Å². The molecule has 0 radical (unpaired) electrons. The van der Waals surface area contributed by atoms with Crippen molar-refractivity contribution in [2.45, 2.75) is 19.0 Å². The molecule has 2 aliphatic rings. The van der Waals surface area contributed by atoms with Gasteiger partial charge in [0.25, 0.3) is 0 Å². The third kappa shape index (κ3) is 2.84. The molecule has 2 heterocycles. The van der Waals surface area contributed by atoms with Gasteiger partial charge in [-0.1, -0.05) is 12.1 Å². The van der Waals surface area contributed by atoms with Crippen LogP contribution < -0.4 is 0 Å². The van der Waals surface area contributed by atoms with Gasteiger partial charge in [-0.2, -0.15) is 13.2 Å². The molecule has 6 nitrogen and oxygen atoms in total. The molecule has 2 aromatic rings. The Morgan fingerprint density at radius 1 is 0.714 bits per heavy atom. The van der Waals surface area contributed by atoms with Crippen LogP contribution in [0, 0.1) is 0 Å². The second-order valence-corrected chi connectivity index (χ2v) is 6.24. The van der Waals surface area contributed by atoms with E-state index in [-0.39, 0.29) is 33.4 Å². The van der Waals surface area contributed by atoms with Crippen LogP contribution in [0.25, 0.3) is 11.1 Å². The molecule has 0 saturated carbocycles. The highest BCUT2D eigenvalue weighted by Crippen LogP contribution is 2.36. The molecule has 9 heteroatoms. The summed E-state index contributed by atoms with van der Waals surface area (Å²) in [5.41, 5.74) is 0.211. The fourth-order valence-corrected chi connectivity index (χ4v) is 3.29. The minimum atomic E-state index is -4.49. The summed E-state index contributed by atoms with van der Waals surface area (Å²) in [6.45, 7) is 0. The molecule has 0 spiro atoms. The van der Waals surface area contributed by atoms with Crippen molar-refractivity contribution in [2.75, 3.05) is 0 Å². The van der Waals surface area contributed by atoms with Gasteiger partial charge >= 0.3 is 30.1 Å². The average molecular weight is 390 g/mol. The SMILES string of the molecule is O=C1OC(=O)c2cc(-c3ccc4c(c3CCC(F)(F)F)C(=O)OC4=O)ccc21. The Morgan fingerprint density at radius 3 is 2.00 bits per heavy atom. The monoisotopic (exact) mass is 390 g/mol. The standard InChI is InChI=1S/C19H9F3O6/c20-19(21,22)6-5-10-9(3-4-12-14(10)18(26)28-16(12)24)8-1-2-11-13(7-8)17(25)27-15(11)23/h1-4,7H,5-6H2. The first-order valence-corrected chi connectivity index (χ1v) is 8.06. The predicted octanol–water partition coefficient (Wildman–Crippen LogP) is 3.47. The number of rotatable bonds is 3. The van der Waals surface area contributed by atoms with Gasteiger partial charge in [0.05, 0.1) is 22.3 Å². The Balaban J connectivity index is 1.88. The predicted molar refractivity (Wildman–Crippen MR) is 85.7 cm³/mol. The number of carbonyl (C=O) groups excluding carboxylic acids is 4. The number of ether oxygens (including phenoxy) is 2. The van der Waals surface area contributed by atoms with E-state index >= 15 is 0 Å². The van der Waals surface area contributed by atoms with Gasteiger partial charge in [-0.05, 0) is 41.3 Å². The van der Waals surface area contributed by atoms with E-state index in [4.69, 9.17) is 0 Å². The molecule has 0 amide bonds. The molecular weight excluding hydrogens is 381 g/mol. The molecular formula is C19H9F3O6. The molecule has 0 aromatic heterocycles. The van der Waals surface area contributed by atoms with Crippen LogP contribution in [0.5, 0.6) is 0 Å². The van der Waals surface area contributed by atoms with Gasteiger partial charge in [-0.25, -0.2) is 19.2 Å². The Bertz CT molecular complexity index is 1080. The average Bonchev–Trinajstić information content (AvgIpc) is 3.08. The van der Waals surface area contributed by atoms with Gasteiger partial charge in [0.1, 0.15) is 0 Å². The van der Waals surface area contributed by atoms with Crippen LogP contribution in [0.2, 0.25) is 0 Å². The number of esters is 4. The maximum absolute atomic E-state index is 12.8. The van der Waals surface area contributed by atoms with Crippen molar-refractivity contribution in [1.82, 2.24) is 0 Å². The highest BCUT2D eigenvalue weighted by Gasteiger charge is 2.36. The smallest absolute Gasteiger partial charge is 0.386 e. The second-order valence-electron chi connectivity index (χ2n) is 6.24. The zero-order valence-electron chi connectivity index (χ0n) is 13.9. The molecule has 2 aliphatic heterocycles. The van der Waals surface area contributed by atoms with E-state index in [1.807, 2.05) is 0 Å². The van der Waals surface area contributed by atoms with E-state index in [0.717, 1.165) is 0 Å². The highest BCUT2D eigenvalue weighted by atomic mass is 19.4. The Kier molecular flexibility index (Phi) is 3.84. The number of carbonyl (C=O) groups is 4. The molecule has 0 fully saturated rings. The summed E-state index contributed by atoms with van der Waals surface area (Å²) in [4.78, 5) is 47.1. The summed E-state index contributed by atoms with van der Waals surface area (Å²) in [7, 11) is 0. The van der Waals surface area contributed by atoms with Crippen LogP contribution in [0.15, 0.2) is 30.3 Å². The molecule has 0 saturated heterocycles. The zero-order valence-corrected chi connectivity index (χ0v) is 13.9. The van der Waals surface area contributed by atoms with Crippen molar-refractivity contribution in [3.63, 3.8) is 0 Å². The maximum atomic E-state index is 12.8. The summed E-state index contributed by atoms with van der Waals surface area (Å²) in [5.74, 6) is -3.63. The lowest BCUT2D eigenvalue weighted by Crippen LogP contribution is -2.11. The van der Waals surface area contributed by atoms with Gasteiger partial charge in [-0.15, -0.1) is 0 Å².